The summed E-state index contributed by atoms with van der Waals surface area (Å²) >= 11 is 5.98. The van der Waals surface area contributed by atoms with Gasteiger partial charge in [-0.15, -0.1) is 0 Å². The average Bonchev–Trinajstić information content (AvgIpc) is 2.91. The lowest BCUT2D eigenvalue weighted by atomic mass is 10.1. The first-order valence-corrected chi connectivity index (χ1v) is 8.40. The fourth-order valence-electron chi connectivity index (χ4n) is 2.13. The van der Waals surface area contributed by atoms with Crippen molar-refractivity contribution in [1.82, 2.24) is 5.32 Å². The van der Waals surface area contributed by atoms with Crippen LogP contribution < -0.4 is 10.5 Å². The van der Waals surface area contributed by atoms with Crippen LogP contribution in [0, 0.1) is 12.8 Å². The summed E-state index contributed by atoms with van der Waals surface area (Å²) in [7, 11) is -3.91. The Morgan fingerprint density at radius 3 is 2.81 bits per heavy atom. The third-order valence-corrected chi connectivity index (χ3v) is 4.75. The molecule has 21 heavy (non-hydrogen) atoms. The smallest absolute Gasteiger partial charge is 0.251 e. The third kappa shape index (κ3) is 3.94. The highest BCUT2D eigenvalue weighted by atomic mass is 35.5. The Labute approximate surface area is 128 Å². The minimum absolute atomic E-state index is 0.174. The lowest BCUT2D eigenvalue weighted by Gasteiger charge is -2.13. The number of sulfonamides is 1. The maximum absolute atomic E-state index is 12.2. The van der Waals surface area contributed by atoms with Crippen LogP contribution in [0.5, 0.6) is 0 Å². The van der Waals surface area contributed by atoms with Gasteiger partial charge in [-0.1, -0.05) is 11.6 Å². The highest BCUT2D eigenvalue weighted by Gasteiger charge is 2.20. The molecule has 1 fully saturated rings. The van der Waals surface area contributed by atoms with Gasteiger partial charge in [-0.25, -0.2) is 13.6 Å². The molecular formula is C13H17ClN2O4S. The van der Waals surface area contributed by atoms with Gasteiger partial charge in [0.2, 0.25) is 10.0 Å². The van der Waals surface area contributed by atoms with E-state index in [1.165, 1.54) is 12.1 Å². The number of hydrogen-bond acceptors (Lipinski definition) is 4. The van der Waals surface area contributed by atoms with E-state index in [0.29, 0.717) is 25.3 Å². The highest BCUT2D eigenvalue weighted by molar-refractivity contribution is 7.89. The lowest BCUT2D eigenvalue weighted by Crippen LogP contribution is -2.30. The second kappa shape index (κ2) is 6.31. The quantitative estimate of drug-likeness (QED) is 0.861. The van der Waals surface area contributed by atoms with E-state index in [1.807, 2.05) is 0 Å². The minimum Gasteiger partial charge on any atom is -0.381 e. The molecular weight excluding hydrogens is 316 g/mol. The summed E-state index contributed by atoms with van der Waals surface area (Å²) in [6.45, 7) is 3.46. The minimum atomic E-state index is -3.91. The fourth-order valence-corrected chi connectivity index (χ4v) is 2.98. The molecule has 1 saturated heterocycles. The molecule has 1 atom stereocenters. The maximum Gasteiger partial charge on any atom is 0.251 e. The van der Waals surface area contributed by atoms with Crippen molar-refractivity contribution < 1.29 is 17.9 Å². The molecule has 1 amide bonds. The van der Waals surface area contributed by atoms with Crippen molar-refractivity contribution in [3.63, 3.8) is 0 Å². The monoisotopic (exact) mass is 332 g/mol. The number of carbonyl (C=O) groups is 1. The van der Waals surface area contributed by atoms with Gasteiger partial charge in [0.05, 0.1) is 11.5 Å². The number of carbonyl (C=O) groups excluding carboxylic acids is 1. The second-order valence-electron chi connectivity index (χ2n) is 5.06. The van der Waals surface area contributed by atoms with Crippen LogP contribution in [0.15, 0.2) is 17.0 Å². The van der Waals surface area contributed by atoms with Crippen LogP contribution >= 0.6 is 11.6 Å². The number of primary sulfonamides is 1. The Morgan fingerprint density at radius 1 is 1.52 bits per heavy atom. The highest BCUT2D eigenvalue weighted by Crippen LogP contribution is 2.24. The predicted octanol–water partition coefficient (Wildman–Crippen LogP) is 1.06. The zero-order chi connectivity index (χ0) is 15.6. The van der Waals surface area contributed by atoms with Crippen LogP contribution in [-0.2, 0) is 14.8 Å². The number of nitrogens with two attached hydrogens (primary N) is 1. The van der Waals surface area contributed by atoms with Crippen LogP contribution in [0.4, 0.5) is 0 Å². The summed E-state index contributed by atoms with van der Waals surface area (Å²) < 4.78 is 28.1. The van der Waals surface area contributed by atoms with E-state index in [-0.39, 0.29) is 27.3 Å². The summed E-state index contributed by atoms with van der Waals surface area (Å²) in [5.41, 5.74) is 0.731. The summed E-state index contributed by atoms with van der Waals surface area (Å²) in [5.74, 6) is -0.0852. The molecule has 1 aliphatic heterocycles. The number of hydrogen-bond donors (Lipinski definition) is 2. The van der Waals surface area contributed by atoms with E-state index in [9.17, 15) is 13.2 Å². The molecule has 6 nitrogen and oxygen atoms in total. The molecule has 3 N–H and O–H groups in total. The largest absolute Gasteiger partial charge is 0.381 e. The number of nitrogens with one attached hydrogen (secondary N) is 1. The van der Waals surface area contributed by atoms with Crippen LogP contribution in [-0.4, -0.2) is 34.1 Å². The first-order valence-electron chi connectivity index (χ1n) is 6.48. The van der Waals surface area contributed by atoms with E-state index < -0.39 is 10.0 Å². The van der Waals surface area contributed by atoms with Crippen LogP contribution in [0.1, 0.15) is 22.3 Å². The van der Waals surface area contributed by atoms with Crippen molar-refractivity contribution >= 4 is 27.5 Å². The molecule has 0 radical (unpaired) electrons. The fraction of sp³-hybridized carbons (Fsp3) is 0.462. The predicted molar refractivity (Wildman–Crippen MR) is 78.8 cm³/mol. The number of rotatable bonds is 4. The van der Waals surface area contributed by atoms with E-state index in [0.717, 1.165) is 6.42 Å². The van der Waals surface area contributed by atoms with Gasteiger partial charge in [0.1, 0.15) is 0 Å². The van der Waals surface area contributed by atoms with Crippen molar-refractivity contribution in [3.05, 3.63) is 28.3 Å². The molecule has 0 aromatic heterocycles. The molecule has 1 aromatic carbocycles. The molecule has 0 spiro atoms. The first kappa shape index (κ1) is 16.2. The van der Waals surface area contributed by atoms with Gasteiger partial charge in [-0.2, -0.15) is 0 Å². The third-order valence-electron chi connectivity index (χ3n) is 3.47. The van der Waals surface area contributed by atoms with Crippen molar-refractivity contribution in [2.75, 3.05) is 19.8 Å². The average molecular weight is 333 g/mol. The van der Waals surface area contributed by atoms with Crippen LogP contribution in [0.25, 0.3) is 0 Å². The Balaban J connectivity index is 2.21. The summed E-state index contributed by atoms with van der Waals surface area (Å²) in [6.07, 6.45) is 0.900. The molecule has 1 aliphatic rings. The second-order valence-corrected chi connectivity index (χ2v) is 7.03. The molecule has 0 aliphatic carbocycles. The van der Waals surface area contributed by atoms with Crippen molar-refractivity contribution in [2.24, 2.45) is 11.1 Å². The Bertz CT molecular complexity index is 654. The van der Waals surface area contributed by atoms with Gasteiger partial charge in [-0.05, 0) is 31.0 Å². The Kier molecular flexibility index (Phi) is 4.88. The number of amides is 1. The van der Waals surface area contributed by atoms with E-state index in [1.54, 1.807) is 6.92 Å². The van der Waals surface area contributed by atoms with Crippen molar-refractivity contribution in [3.8, 4) is 0 Å². The molecule has 8 heteroatoms. The zero-order valence-corrected chi connectivity index (χ0v) is 13.1. The molecule has 1 aromatic rings. The van der Waals surface area contributed by atoms with Gasteiger partial charge in [0.15, 0.2) is 0 Å². The molecule has 0 bridgehead atoms. The maximum atomic E-state index is 12.2. The molecule has 2 rings (SSSR count). The summed E-state index contributed by atoms with van der Waals surface area (Å²) in [4.78, 5) is 12.0. The molecule has 1 heterocycles. The van der Waals surface area contributed by atoms with E-state index >= 15 is 0 Å². The molecule has 116 valence electrons. The van der Waals surface area contributed by atoms with Gasteiger partial charge >= 0.3 is 0 Å². The van der Waals surface area contributed by atoms with Gasteiger partial charge < -0.3 is 10.1 Å². The van der Waals surface area contributed by atoms with E-state index in [2.05, 4.69) is 5.32 Å². The number of ether oxygens (including phenoxy) is 1. The first-order chi connectivity index (χ1) is 9.79. The summed E-state index contributed by atoms with van der Waals surface area (Å²) in [6, 6.07) is 2.49. The van der Waals surface area contributed by atoms with Gasteiger partial charge in [-0.3, -0.25) is 4.79 Å². The van der Waals surface area contributed by atoms with Crippen molar-refractivity contribution in [2.45, 2.75) is 18.2 Å². The topological polar surface area (TPSA) is 98.5 Å². The molecule has 1 unspecified atom stereocenters. The van der Waals surface area contributed by atoms with E-state index in [4.69, 9.17) is 21.5 Å². The van der Waals surface area contributed by atoms with Crippen LogP contribution in [0.2, 0.25) is 5.02 Å². The SMILES string of the molecule is Cc1c(Cl)cc(S(N)(=O)=O)cc1C(=O)NCC1CCOC1. The molecule has 0 saturated carbocycles. The van der Waals surface area contributed by atoms with Crippen LogP contribution in [0.3, 0.4) is 0 Å². The summed E-state index contributed by atoms with van der Waals surface area (Å²) in [5, 5.41) is 8.05. The zero-order valence-electron chi connectivity index (χ0n) is 11.6. The van der Waals surface area contributed by atoms with Crippen molar-refractivity contribution in [1.29, 1.82) is 0 Å². The standard InChI is InChI=1S/C13H17ClN2O4S/c1-8-11(4-10(5-12(8)14)21(15,18)19)13(17)16-6-9-2-3-20-7-9/h4-5,9H,2-3,6-7H2,1H3,(H,16,17)(H2,15,18,19). The number of halogens is 1. The Hall–Kier alpha value is -1.15. The Morgan fingerprint density at radius 2 is 2.24 bits per heavy atom. The van der Waals surface area contributed by atoms with Gasteiger partial charge in [0, 0.05) is 29.7 Å². The van der Waals surface area contributed by atoms with Gasteiger partial charge in [0.25, 0.3) is 5.91 Å². The lowest BCUT2D eigenvalue weighted by molar-refractivity contribution is 0.0944. The normalized spacial score (nSPS) is 18.7. The number of benzene rings is 1.